The minimum Gasteiger partial charge on any atom is -0.345 e. The molecule has 1 aromatic heterocycles. The van der Waals surface area contributed by atoms with E-state index in [9.17, 15) is 17.6 Å². The SMILES string of the molecule is O=C(CNS(=O)(=O)CC1CCCCC1)c1cc(-c2cnc[nH]2)ccc1F. The zero-order chi connectivity index (χ0) is 18.6. The van der Waals surface area contributed by atoms with Crippen molar-refractivity contribution >= 4 is 15.8 Å². The number of H-pyrrole nitrogens is 1. The van der Waals surface area contributed by atoms with Gasteiger partial charge in [-0.1, -0.05) is 19.3 Å². The maximum Gasteiger partial charge on any atom is 0.212 e. The van der Waals surface area contributed by atoms with Gasteiger partial charge in [-0.25, -0.2) is 22.5 Å². The summed E-state index contributed by atoms with van der Waals surface area (Å²) in [6.07, 6.45) is 8.09. The molecule has 0 spiro atoms. The average molecular weight is 379 g/mol. The lowest BCUT2D eigenvalue weighted by molar-refractivity contribution is 0.0993. The number of sulfonamides is 1. The third kappa shape index (κ3) is 4.76. The molecule has 0 radical (unpaired) electrons. The first-order valence-corrected chi connectivity index (χ1v) is 10.4. The molecule has 26 heavy (non-hydrogen) atoms. The molecular formula is C18H22FN3O3S. The Morgan fingerprint density at radius 2 is 2.04 bits per heavy atom. The molecule has 0 aliphatic heterocycles. The van der Waals surface area contributed by atoms with Crippen molar-refractivity contribution in [3.05, 3.63) is 42.1 Å². The van der Waals surface area contributed by atoms with Crippen molar-refractivity contribution in [1.82, 2.24) is 14.7 Å². The summed E-state index contributed by atoms with van der Waals surface area (Å²) in [5, 5.41) is 0. The number of hydrogen-bond donors (Lipinski definition) is 2. The first-order chi connectivity index (χ1) is 12.4. The number of aromatic amines is 1. The fraction of sp³-hybridized carbons (Fsp3) is 0.444. The lowest BCUT2D eigenvalue weighted by atomic mass is 9.91. The van der Waals surface area contributed by atoms with Crippen molar-refractivity contribution < 1.29 is 17.6 Å². The van der Waals surface area contributed by atoms with Crippen LogP contribution in [0.4, 0.5) is 4.39 Å². The Morgan fingerprint density at radius 1 is 1.27 bits per heavy atom. The summed E-state index contributed by atoms with van der Waals surface area (Å²) in [4.78, 5) is 19.1. The van der Waals surface area contributed by atoms with Gasteiger partial charge in [-0.05, 0) is 37.0 Å². The fourth-order valence-electron chi connectivity index (χ4n) is 3.31. The number of nitrogens with one attached hydrogen (secondary N) is 2. The van der Waals surface area contributed by atoms with Gasteiger partial charge in [-0.3, -0.25) is 4.79 Å². The van der Waals surface area contributed by atoms with E-state index < -0.39 is 28.2 Å². The van der Waals surface area contributed by atoms with Crippen molar-refractivity contribution in [2.24, 2.45) is 5.92 Å². The lowest BCUT2D eigenvalue weighted by Gasteiger charge is -2.21. The Kier molecular flexibility index (Phi) is 5.83. The van der Waals surface area contributed by atoms with Crippen LogP contribution in [0.2, 0.25) is 0 Å². The first kappa shape index (κ1) is 18.7. The van der Waals surface area contributed by atoms with Crippen LogP contribution >= 0.6 is 0 Å². The molecule has 0 bridgehead atoms. The van der Waals surface area contributed by atoms with Gasteiger partial charge in [0, 0.05) is 5.56 Å². The standard InChI is InChI=1S/C18H22FN3O3S/c19-16-7-6-14(17-9-20-12-21-17)8-15(16)18(23)10-22-26(24,25)11-13-4-2-1-3-5-13/h6-9,12-13,22H,1-5,10-11H2,(H,20,21). The Labute approximate surface area is 152 Å². The van der Waals surface area contributed by atoms with Crippen LogP contribution in [0.3, 0.4) is 0 Å². The second-order valence-corrected chi connectivity index (χ2v) is 8.54. The molecular weight excluding hydrogens is 357 g/mol. The Bertz CT molecular complexity index is 860. The van der Waals surface area contributed by atoms with E-state index in [-0.39, 0.29) is 17.2 Å². The highest BCUT2D eigenvalue weighted by Crippen LogP contribution is 2.24. The van der Waals surface area contributed by atoms with Crippen molar-refractivity contribution in [2.75, 3.05) is 12.3 Å². The van der Waals surface area contributed by atoms with Crippen LogP contribution in [0.15, 0.2) is 30.7 Å². The highest BCUT2D eigenvalue weighted by Gasteiger charge is 2.22. The molecule has 2 N–H and O–H groups in total. The summed E-state index contributed by atoms with van der Waals surface area (Å²) >= 11 is 0. The molecule has 0 atom stereocenters. The van der Waals surface area contributed by atoms with Gasteiger partial charge in [0.05, 0.1) is 36.1 Å². The number of nitrogens with zero attached hydrogens (tertiary/aromatic N) is 1. The molecule has 6 nitrogen and oxygen atoms in total. The monoisotopic (exact) mass is 379 g/mol. The highest BCUT2D eigenvalue weighted by molar-refractivity contribution is 7.89. The van der Waals surface area contributed by atoms with Crippen LogP contribution in [0.1, 0.15) is 42.5 Å². The zero-order valence-corrected chi connectivity index (χ0v) is 15.2. The number of carbonyl (C=O) groups is 1. The van der Waals surface area contributed by atoms with Gasteiger partial charge in [0.1, 0.15) is 5.82 Å². The van der Waals surface area contributed by atoms with Gasteiger partial charge < -0.3 is 4.98 Å². The maximum absolute atomic E-state index is 14.0. The van der Waals surface area contributed by atoms with E-state index in [2.05, 4.69) is 14.7 Å². The largest absolute Gasteiger partial charge is 0.345 e. The summed E-state index contributed by atoms with van der Waals surface area (Å²) < 4.78 is 40.8. The van der Waals surface area contributed by atoms with Crippen LogP contribution in [-0.2, 0) is 10.0 Å². The topological polar surface area (TPSA) is 91.9 Å². The first-order valence-electron chi connectivity index (χ1n) is 8.73. The van der Waals surface area contributed by atoms with Crippen molar-refractivity contribution in [3.8, 4) is 11.3 Å². The summed E-state index contributed by atoms with van der Waals surface area (Å²) in [5.41, 5.74) is 1.12. The van der Waals surface area contributed by atoms with Gasteiger partial charge in [-0.15, -0.1) is 0 Å². The van der Waals surface area contributed by atoms with Gasteiger partial charge in [0.25, 0.3) is 0 Å². The Hall–Kier alpha value is -2.06. The third-order valence-corrected chi connectivity index (χ3v) is 6.20. The van der Waals surface area contributed by atoms with Crippen molar-refractivity contribution in [1.29, 1.82) is 0 Å². The van der Waals surface area contributed by atoms with Crippen molar-refractivity contribution in [2.45, 2.75) is 32.1 Å². The Morgan fingerprint density at radius 3 is 2.73 bits per heavy atom. The van der Waals surface area contributed by atoms with E-state index in [1.54, 1.807) is 6.20 Å². The number of halogens is 1. The second-order valence-electron chi connectivity index (χ2n) is 6.69. The Balaban J connectivity index is 1.65. The van der Waals surface area contributed by atoms with E-state index in [1.165, 1.54) is 24.5 Å². The molecule has 3 rings (SSSR count). The van der Waals surface area contributed by atoms with Crippen LogP contribution in [0, 0.1) is 11.7 Å². The molecule has 0 saturated heterocycles. The van der Waals surface area contributed by atoms with Crippen LogP contribution in [-0.4, -0.2) is 36.5 Å². The molecule has 0 unspecified atom stereocenters. The van der Waals surface area contributed by atoms with Crippen LogP contribution in [0.5, 0.6) is 0 Å². The highest BCUT2D eigenvalue weighted by atomic mass is 32.2. The average Bonchev–Trinajstić information content (AvgIpc) is 3.15. The van der Waals surface area contributed by atoms with E-state index >= 15 is 0 Å². The molecule has 140 valence electrons. The predicted octanol–water partition coefficient (Wildman–Crippen LogP) is 2.90. The van der Waals surface area contributed by atoms with Gasteiger partial charge in [0.15, 0.2) is 5.78 Å². The van der Waals surface area contributed by atoms with Gasteiger partial charge >= 0.3 is 0 Å². The van der Waals surface area contributed by atoms with E-state index in [0.717, 1.165) is 32.1 Å². The van der Waals surface area contributed by atoms with Crippen LogP contribution < -0.4 is 4.72 Å². The molecule has 0 amide bonds. The summed E-state index contributed by atoms with van der Waals surface area (Å²) in [6.45, 7) is -0.446. The normalized spacial score (nSPS) is 15.9. The van der Waals surface area contributed by atoms with Crippen LogP contribution in [0.25, 0.3) is 11.3 Å². The molecule has 8 heteroatoms. The quantitative estimate of drug-likeness (QED) is 0.724. The molecule has 1 aliphatic rings. The third-order valence-electron chi connectivity index (χ3n) is 4.71. The smallest absolute Gasteiger partial charge is 0.212 e. The molecule has 2 aromatic rings. The summed E-state index contributed by atoms with van der Waals surface area (Å²) in [7, 11) is -3.56. The van der Waals surface area contributed by atoms with Gasteiger partial charge in [-0.2, -0.15) is 0 Å². The predicted molar refractivity (Wildman–Crippen MR) is 96.7 cm³/mol. The minimum absolute atomic E-state index is 0.0247. The molecule has 1 aliphatic carbocycles. The summed E-state index contributed by atoms with van der Waals surface area (Å²) in [5.74, 6) is -1.12. The van der Waals surface area contributed by atoms with E-state index in [4.69, 9.17) is 0 Å². The number of carbonyl (C=O) groups excluding carboxylic acids is 1. The number of imidazole rings is 1. The molecule has 1 aromatic carbocycles. The number of ketones is 1. The summed E-state index contributed by atoms with van der Waals surface area (Å²) in [6, 6.07) is 4.13. The molecule has 1 heterocycles. The zero-order valence-electron chi connectivity index (χ0n) is 14.4. The lowest BCUT2D eigenvalue weighted by Crippen LogP contribution is -2.34. The molecule has 1 fully saturated rings. The van der Waals surface area contributed by atoms with E-state index in [0.29, 0.717) is 11.3 Å². The maximum atomic E-state index is 14.0. The second kappa shape index (κ2) is 8.09. The number of hydrogen-bond acceptors (Lipinski definition) is 4. The number of rotatable bonds is 7. The number of Topliss-reactive ketones (excluding diaryl/α,β-unsaturated/α-hetero) is 1. The minimum atomic E-state index is -3.56. The number of aromatic nitrogens is 2. The van der Waals surface area contributed by atoms with E-state index in [1.807, 2.05) is 0 Å². The number of benzene rings is 1. The molecule has 1 saturated carbocycles. The van der Waals surface area contributed by atoms with Crippen molar-refractivity contribution in [3.63, 3.8) is 0 Å². The fourth-order valence-corrected chi connectivity index (χ4v) is 4.74. The van der Waals surface area contributed by atoms with Gasteiger partial charge in [0.2, 0.25) is 10.0 Å².